The highest BCUT2D eigenvalue weighted by molar-refractivity contribution is 6.60. The van der Waals surface area contributed by atoms with Crippen LogP contribution in [0, 0.1) is 0 Å². The van der Waals surface area contributed by atoms with Gasteiger partial charge in [0.1, 0.15) is 6.23 Å². The molecule has 7 nitrogen and oxygen atoms in total. The number of hydrogen-bond donors (Lipinski definition) is 0. The highest BCUT2D eigenvalue weighted by Gasteiger charge is 2.44. The lowest BCUT2D eigenvalue weighted by Crippen LogP contribution is -2.53. The zero-order valence-corrected chi connectivity index (χ0v) is 21.0. The maximum absolute atomic E-state index is 6.25. The molecule has 1 fully saturated rings. The molecule has 1 rings (SSSR count). The summed E-state index contributed by atoms with van der Waals surface area (Å²) in [7, 11) is -2.97. The zero-order chi connectivity index (χ0) is 22.1. The third-order valence-corrected chi connectivity index (χ3v) is 7.37. The van der Waals surface area contributed by atoms with Crippen molar-refractivity contribution < 1.29 is 32.2 Å². The Balaban J connectivity index is 2.80. The van der Waals surface area contributed by atoms with Gasteiger partial charge < -0.3 is 27.5 Å². The SMILES string of the molecule is CCCCO[Si](COC(CC)OC1(CC)OCCCO1)(OCCCC)OCCCC. The number of unbranched alkanes of at least 4 members (excludes halogenated alkanes) is 3. The summed E-state index contributed by atoms with van der Waals surface area (Å²) in [5.41, 5.74) is 0. The van der Waals surface area contributed by atoms with E-state index in [9.17, 15) is 0 Å². The lowest BCUT2D eigenvalue weighted by atomic mass is 10.3. The fourth-order valence-electron chi connectivity index (χ4n) is 2.91. The molecule has 8 heteroatoms. The molecule has 1 atom stereocenters. The van der Waals surface area contributed by atoms with Crippen molar-refractivity contribution in [2.75, 3.05) is 39.3 Å². The Bertz CT molecular complexity index is 378. The molecule has 0 radical (unpaired) electrons. The third kappa shape index (κ3) is 10.5. The first-order valence-electron chi connectivity index (χ1n) is 12.1. The van der Waals surface area contributed by atoms with E-state index >= 15 is 0 Å². The Morgan fingerprint density at radius 3 is 1.70 bits per heavy atom. The van der Waals surface area contributed by atoms with Crippen LogP contribution in [0.4, 0.5) is 0 Å². The molecule has 0 amide bonds. The number of rotatable bonds is 19. The Morgan fingerprint density at radius 1 is 0.800 bits per heavy atom. The molecule has 0 aliphatic carbocycles. The number of ether oxygens (including phenoxy) is 4. The summed E-state index contributed by atoms with van der Waals surface area (Å²) in [6.07, 6.45) is 8.01. The Kier molecular flexibility index (Phi) is 15.4. The van der Waals surface area contributed by atoms with Crippen LogP contribution in [0.1, 0.15) is 92.4 Å². The molecule has 30 heavy (non-hydrogen) atoms. The smallest absolute Gasteiger partial charge is 0.372 e. The molecule has 1 saturated heterocycles. The van der Waals surface area contributed by atoms with Crippen molar-refractivity contribution in [2.45, 2.75) is 105 Å². The maximum atomic E-state index is 6.25. The third-order valence-electron chi connectivity index (χ3n) is 4.92. The predicted molar refractivity (Wildman–Crippen MR) is 119 cm³/mol. The van der Waals surface area contributed by atoms with Crippen LogP contribution in [0.15, 0.2) is 0 Å². The van der Waals surface area contributed by atoms with Crippen LogP contribution in [0.2, 0.25) is 0 Å². The monoisotopic (exact) mass is 450 g/mol. The molecule has 0 bridgehead atoms. The van der Waals surface area contributed by atoms with Gasteiger partial charge in [-0.2, -0.15) is 0 Å². The van der Waals surface area contributed by atoms with E-state index in [0.717, 1.165) is 44.9 Å². The molecule has 0 spiro atoms. The van der Waals surface area contributed by atoms with E-state index < -0.39 is 21.1 Å². The summed E-state index contributed by atoms with van der Waals surface area (Å²) in [6, 6.07) is 0. The van der Waals surface area contributed by atoms with Crippen molar-refractivity contribution >= 4 is 8.80 Å². The van der Waals surface area contributed by atoms with Crippen LogP contribution in [0.3, 0.4) is 0 Å². The minimum atomic E-state index is -2.97. The van der Waals surface area contributed by atoms with Gasteiger partial charge in [0.05, 0.1) is 13.2 Å². The van der Waals surface area contributed by atoms with E-state index in [1.54, 1.807) is 0 Å². The second kappa shape index (κ2) is 16.6. The van der Waals surface area contributed by atoms with E-state index in [4.69, 9.17) is 32.2 Å². The average molecular weight is 451 g/mol. The van der Waals surface area contributed by atoms with Crippen LogP contribution in [0.25, 0.3) is 0 Å². The molecule has 1 aliphatic rings. The van der Waals surface area contributed by atoms with Gasteiger partial charge >= 0.3 is 8.80 Å². The standard InChI is InChI=1S/C22H46O7Si/c1-6-11-17-26-30(27-18-12-7-2,28-19-13-8-3)20-23-21(9-4)29-22(10-5)24-15-14-16-25-22/h21H,6-20H2,1-5H3. The van der Waals surface area contributed by atoms with Crippen LogP contribution in [-0.4, -0.2) is 60.3 Å². The van der Waals surface area contributed by atoms with Crippen molar-refractivity contribution in [2.24, 2.45) is 0 Å². The van der Waals surface area contributed by atoms with Gasteiger partial charge in [-0.15, -0.1) is 0 Å². The van der Waals surface area contributed by atoms with E-state index in [-0.39, 0.29) is 6.23 Å². The minimum Gasteiger partial charge on any atom is -0.372 e. The molecular formula is C22H46O7Si. The van der Waals surface area contributed by atoms with E-state index in [1.807, 2.05) is 13.8 Å². The molecule has 0 aromatic rings. The van der Waals surface area contributed by atoms with E-state index in [1.165, 1.54) is 0 Å². The summed E-state index contributed by atoms with van der Waals surface area (Å²) in [5, 5.41) is 0. The van der Waals surface area contributed by atoms with Crippen molar-refractivity contribution in [1.82, 2.24) is 0 Å². The normalized spacial score (nSPS) is 17.9. The fourth-order valence-corrected chi connectivity index (χ4v) is 5.16. The predicted octanol–water partition coefficient (Wildman–Crippen LogP) is 5.18. The molecule has 1 heterocycles. The largest absolute Gasteiger partial charge is 0.528 e. The lowest BCUT2D eigenvalue weighted by molar-refractivity contribution is -0.434. The maximum Gasteiger partial charge on any atom is 0.528 e. The first-order chi connectivity index (χ1) is 14.6. The Hall–Kier alpha value is -0.0631. The topological polar surface area (TPSA) is 64.6 Å². The zero-order valence-electron chi connectivity index (χ0n) is 20.0. The molecule has 0 saturated carbocycles. The van der Waals surface area contributed by atoms with Crippen LogP contribution >= 0.6 is 0 Å². The summed E-state index contributed by atoms with van der Waals surface area (Å²) >= 11 is 0. The minimum absolute atomic E-state index is 0.266. The Morgan fingerprint density at radius 2 is 1.30 bits per heavy atom. The average Bonchev–Trinajstić information content (AvgIpc) is 2.77. The van der Waals surface area contributed by atoms with Gasteiger partial charge in [-0.05, 0) is 32.1 Å². The number of hydrogen-bond acceptors (Lipinski definition) is 7. The molecule has 0 aromatic heterocycles. The summed E-state index contributed by atoms with van der Waals surface area (Å²) in [5.74, 6) is -1.03. The highest BCUT2D eigenvalue weighted by atomic mass is 28.4. The van der Waals surface area contributed by atoms with Crippen molar-refractivity contribution in [3.8, 4) is 0 Å². The Labute approximate surface area is 185 Å². The summed E-state index contributed by atoms with van der Waals surface area (Å²) in [4.78, 5) is 0. The second-order valence-corrected chi connectivity index (χ2v) is 10.2. The van der Waals surface area contributed by atoms with Gasteiger partial charge in [-0.1, -0.05) is 53.9 Å². The van der Waals surface area contributed by atoms with Crippen LogP contribution in [0.5, 0.6) is 0 Å². The summed E-state index contributed by atoms with van der Waals surface area (Å²) in [6.45, 7) is 13.6. The molecule has 1 unspecified atom stereocenters. The summed E-state index contributed by atoms with van der Waals surface area (Å²) < 4.78 is 42.7. The van der Waals surface area contributed by atoms with Gasteiger partial charge in [0.2, 0.25) is 0 Å². The van der Waals surface area contributed by atoms with Crippen molar-refractivity contribution in [1.29, 1.82) is 0 Å². The van der Waals surface area contributed by atoms with Gasteiger partial charge in [-0.25, -0.2) is 0 Å². The van der Waals surface area contributed by atoms with Gasteiger partial charge in [0.25, 0.3) is 5.97 Å². The fraction of sp³-hybridized carbons (Fsp3) is 1.00. The first-order valence-corrected chi connectivity index (χ1v) is 14.0. The molecular weight excluding hydrogens is 404 g/mol. The van der Waals surface area contributed by atoms with Crippen LogP contribution < -0.4 is 0 Å². The molecule has 0 aromatic carbocycles. The van der Waals surface area contributed by atoms with Crippen LogP contribution in [-0.2, 0) is 32.2 Å². The quantitative estimate of drug-likeness (QED) is 0.152. The lowest BCUT2D eigenvalue weighted by Gasteiger charge is -2.38. The van der Waals surface area contributed by atoms with Gasteiger partial charge in [0, 0.05) is 26.2 Å². The first kappa shape index (κ1) is 28.0. The van der Waals surface area contributed by atoms with Crippen molar-refractivity contribution in [3.63, 3.8) is 0 Å². The van der Waals surface area contributed by atoms with Gasteiger partial charge in [-0.3, -0.25) is 4.74 Å². The van der Waals surface area contributed by atoms with Crippen molar-refractivity contribution in [3.05, 3.63) is 0 Å². The van der Waals surface area contributed by atoms with Gasteiger partial charge in [0.15, 0.2) is 6.29 Å². The van der Waals surface area contributed by atoms with E-state index in [2.05, 4.69) is 20.8 Å². The van der Waals surface area contributed by atoms with E-state index in [0.29, 0.717) is 45.9 Å². The molecule has 1 aliphatic heterocycles. The second-order valence-electron chi connectivity index (χ2n) is 7.64. The molecule has 0 N–H and O–H groups in total. The molecule has 180 valence electrons. The highest BCUT2D eigenvalue weighted by Crippen LogP contribution is 2.27.